The van der Waals surface area contributed by atoms with Crippen LogP contribution >= 0.6 is 23.2 Å². The zero-order chi connectivity index (χ0) is 16.1. The zero-order valence-corrected chi connectivity index (χ0v) is 13.7. The van der Waals surface area contributed by atoms with E-state index in [1.54, 1.807) is 31.4 Å². The van der Waals surface area contributed by atoms with Crippen molar-refractivity contribution in [3.63, 3.8) is 0 Å². The first kappa shape index (κ1) is 16.5. The summed E-state index contributed by atoms with van der Waals surface area (Å²) in [6.45, 7) is 1.81. The van der Waals surface area contributed by atoms with Gasteiger partial charge in [0, 0.05) is 5.69 Å². The Bertz CT molecular complexity index is 689. The number of hydrogen-bond donors (Lipinski definition) is 1. The fraction of sp³-hybridized carbons (Fsp3) is 0.188. The van der Waals surface area contributed by atoms with Gasteiger partial charge in [-0.1, -0.05) is 29.3 Å². The van der Waals surface area contributed by atoms with E-state index in [1.807, 2.05) is 19.1 Å². The third kappa shape index (κ3) is 4.29. The van der Waals surface area contributed by atoms with E-state index in [-0.39, 0.29) is 12.5 Å². The molecule has 2 aromatic rings. The van der Waals surface area contributed by atoms with Crippen molar-refractivity contribution in [1.82, 2.24) is 0 Å². The number of benzene rings is 2. The topological polar surface area (TPSA) is 47.6 Å². The maximum Gasteiger partial charge on any atom is 0.262 e. The molecule has 0 saturated carbocycles. The number of ether oxygens (including phenoxy) is 2. The molecule has 0 spiro atoms. The summed E-state index contributed by atoms with van der Waals surface area (Å²) in [4.78, 5) is 11.9. The second-order valence-corrected chi connectivity index (χ2v) is 5.43. The van der Waals surface area contributed by atoms with Crippen LogP contribution in [0.25, 0.3) is 0 Å². The van der Waals surface area contributed by atoms with Crippen molar-refractivity contribution in [1.29, 1.82) is 0 Å². The quantitative estimate of drug-likeness (QED) is 0.881. The first-order valence-corrected chi connectivity index (χ1v) is 7.27. The van der Waals surface area contributed by atoms with Crippen LogP contribution in [0.3, 0.4) is 0 Å². The van der Waals surface area contributed by atoms with Gasteiger partial charge in [0.05, 0.1) is 17.2 Å². The Balaban J connectivity index is 1.96. The third-order valence-corrected chi connectivity index (χ3v) is 3.62. The van der Waals surface area contributed by atoms with Crippen molar-refractivity contribution >= 4 is 34.8 Å². The molecular weight excluding hydrogens is 325 g/mol. The molecule has 22 heavy (non-hydrogen) atoms. The van der Waals surface area contributed by atoms with Gasteiger partial charge in [-0.15, -0.1) is 0 Å². The van der Waals surface area contributed by atoms with Crippen LogP contribution in [0, 0.1) is 6.92 Å². The molecule has 0 aromatic heterocycles. The van der Waals surface area contributed by atoms with Gasteiger partial charge in [-0.05, 0) is 42.8 Å². The summed E-state index contributed by atoms with van der Waals surface area (Å²) in [6, 6.07) is 10.3. The van der Waals surface area contributed by atoms with Crippen molar-refractivity contribution in [2.24, 2.45) is 0 Å². The van der Waals surface area contributed by atoms with Crippen LogP contribution in [0.1, 0.15) is 5.56 Å². The summed E-state index contributed by atoms with van der Waals surface area (Å²) in [7, 11) is 1.55. The van der Waals surface area contributed by atoms with E-state index in [0.29, 0.717) is 27.2 Å². The molecule has 0 bridgehead atoms. The largest absolute Gasteiger partial charge is 0.493 e. The summed E-state index contributed by atoms with van der Waals surface area (Å²) in [6.07, 6.45) is 0. The lowest BCUT2D eigenvalue weighted by Gasteiger charge is -2.11. The van der Waals surface area contributed by atoms with E-state index in [4.69, 9.17) is 32.7 Å². The van der Waals surface area contributed by atoms with Crippen LogP contribution in [0.15, 0.2) is 36.4 Å². The second-order valence-electron chi connectivity index (χ2n) is 4.62. The highest BCUT2D eigenvalue weighted by Crippen LogP contribution is 2.28. The highest BCUT2D eigenvalue weighted by Gasteiger charge is 2.09. The van der Waals surface area contributed by atoms with Crippen LogP contribution in [0.4, 0.5) is 5.69 Å². The number of carbonyl (C=O) groups excluding carboxylic acids is 1. The van der Waals surface area contributed by atoms with Crippen molar-refractivity contribution in [2.75, 3.05) is 19.0 Å². The minimum Gasteiger partial charge on any atom is -0.493 e. The molecule has 1 N–H and O–H groups in total. The lowest BCUT2D eigenvalue weighted by atomic mass is 10.2. The van der Waals surface area contributed by atoms with Gasteiger partial charge in [-0.25, -0.2) is 0 Å². The maximum atomic E-state index is 11.9. The lowest BCUT2D eigenvalue weighted by Crippen LogP contribution is -2.20. The van der Waals surface area contributed by atoms with Crippen molar-refractivity contribution < 1.29 is 14.3 Å². The molecule has 0 radical (unpaired) electrons. The van der Waals surface area contributed by atoms with Gasteiger partial charge in [-0.3, -0.25) is 4.79 Å². The van der Waals surface area contributed by atoms with Crippen LogP contribution in [0.5, 0.6) is 11.5 Å². The predicted octanol–water partition coefficient (Wildman–Crippen LogP) is 4.33. The molecule has 116 valence electrons. The van der Waals surface area contributed by atoms with Gasteiger partial charge in [-0.2, -0.15) is 0 Å². The van der Waals surface area contributed by atoms with Crippen LogP contribution in [0.2, 0.25) is 10.0 Å². The summed E-state index contributed by atoms with van der Waals surface area (Å²) in [5.74, 6) is 0.792. The van der Waals surface area contributed by atoms with Gasteiger partial charge < -0.3 is 14.8 Å². The standard InChI is InChI=1S/C16H15Cl2NO3/c1-10-3-6-14(15(7-10)21-2)22-9-16(20)19-11-4-5-12(17)13(18)8-11/h3-8H,9H2,1-2H3,(H,19,20). The van der Waals surface area contributed by atoms with E-state index in [0.717, 1.165) is 5.56 Å². The van der Waals surface area contributed by atoms with Crippen molar-refractivity contribution in [2.45, 2.75) is 6.92 Å². The molecule has 0 aliphatic heterocycles. The zero-order valence-electron chi connectivity index (χ0n) is 12.2. The number of methoxy groups -OCH3 is 1. The van der Waals surface area contributed by atoms with Crippen molar-refractivity contribution in [3.05, 3.63) is 52.0 Å². The average molecular weight is 340 g/mol. The van der Waals surface area contributed by atoms with E-state index >= 15 is 0 Å². The summed E-state index contributed by atoms with van der Waals surface area (Å²) in [5.41, 5.74) is 1.60. The van der Waals surface area contributed by atoms with E-state index in [9.17, 15) is 4.79 Å². The summed E-state index contributed by atoms with van der Waals surface area (Å²) >= 11 is 11.7. The molecule has 0 aliphatic carbocycles. The van der Waals surface area contributed by atoms with Crippen LogP contribution in [-0.4, -0.2) is 19.6 Å². The number of halogens is 2. The van der Waals surface area contributed by atoms with Crippen LogP contribution < -0.4 is 14.8 Å². The number of amides is 1. The highest BCUT2D eigenvalue weighted by molar-refractivity contribution is 6.42. The summed E-state index contributed by atoms with van der Waals surface area (Å²) < 4.78 is 10.7. The monoisotopic (exact) mass is 339 g/mol. The molecular formula is C16H15Cl2NO3. The Hall–Kier alpha value is -1.91. The van der Waals surface area contributed by atoms with E-state index < -0.39 is 0 Å². The van der Waals surface area contributed by atoms with Gasteiger partial charge in [0.15, 0.2) is 18.1 Å². The van der Waals surface area contributed by atoms with Gasteiger partial charge in [0.2, 0.25) is 0 Å². The van der Waals surface area contributed by atoms with Gasteiger partial charge in [0.1, 0.15) is 0 Å². The molecule has 0 saturated heterocycles. The minimum atomic E-state index is -0.305. The smallest absolute Gasteiger partial charge is 0.262 e. The second kappa shape index (κ2) is 7.38. The van der Waals surface area contributed by atoms with E-state index in [1.165, 1.54) is 0 Å². The Morgan fingerprint density at radius 3 is 2.55 bits per heavy atom. The van der Waals surface area contributed by atoms with E-state index in [2.05, 4.69) is 5.32 Å². The molecule has 0 aliphatic rings. The number of carbonyl (C=O) groups is 1. The Morgan fingerprint density at radius 2 is 1.86 bits per heavy atom. The number of aryl methyl sites for hydroxylation is 1. The molecule has 1 amide bonds. The Kier molecular flexibility index (Phi) is 5.52. The molecule has 2 aromatic carbocycles. The third-order valence-electron chi connectivity index (χ3n) is 2.88. The first-order valence-electron chi connectivity index (χ1n) is 6.52. The number of anilines is 1. The lowest BCUT2D eigenvalue weighted by molar-refractivity contribution is -0.118. The fourth-order valence-corrected chi connectivity index (χ4v) is 2.11. The molecule has 6 heteroatoms. The molecule has 0 atom stereocenters. The number of rotatable bonds is 5. The minimum absolute atomic E-state index is 0.139. The van der Waals surface area contributed by atoms with Gasteiger partial charge in [0.25, 0.3) is 5.91 Å². The molecule has 0 fully saturated rings. The average Bonchev–Trinajstić information content (AvgIpc) is 2.49. The van der Waals surface area contributed by atoms with Crippen molar-refractivity contribution in [3.8, 4) is 11.5 Å². The SMILES string of the molecule is COc1cc(C)ccc1OCC(=O)Nc1ccc(Cl)c(Cl)c1. The highest BCUT2D eigenvalue weighted by atomic mass is 35.5. The molecule has 2 rings (SSSR count). The van der Waals surface area contributed by atoms with Gasteiger partial charge >= 0.3 is 0 Å². The maximum absolute atomic E-state index is 11.9. The first-order chi connectivity index (χ1) is 10.5. The Morgan fingerprint density at radius 1 is 1.09 bits per heavy atom. The molecule has 0 heterocycles. The predicted molar refractivity (Wildman–Crippen MR) is 88.3 cm³/mol. The normalized spacial score (nSPS) is 10.2. The number of hydrogen-bond acceptors (Lipinski definition) is 3. The molecule has 0 unspecified atom stereocenters. The Labute approximate surface area is 138 Å². The molecule has 4 nitrogen and oxygen atoms in total. The summed E-state index contributed by atoms with van der Waals surface area (Å²) in [5, 5.41) is 3.49. The van der Waals surface area contributed by atoms with Crippen LogP contribution in [-0.2, 0) is 4.79 Å². The number of nitrogens with one attached hydrogen (secondary N) is 1. The fourth-order valence-electron chi connectivity index (χ4n) is 1.81.